The van der Waals surface area contributed by atoms with Crippen LogP contribution in [0.4, 0.5) is 4.79 Å². The molecule has 1 aromatic carbocycles. The Bertz CT molecular complexity index is 711. The number of benzene rings is 1. The Labute approximate surface area is 153 Å². The van der Waals surface area contributed by atoms with Crippen LogP contribution in [0.1, 0.15) is 37.7 Å². The van der Waals surface area contributed by atoms with Crippen LogP contribution in [-0.4, -0.2) is 28.2 Å². The van der Waals surface area contributed by atoms with E-state index in [0.717, 1.165) is 40.8 Å². The minimum Gasteiger partial charge on any atom is -0.490 e. The normalized spacial score (nSPS) is 31.5. The highest BCUT2D eigenvalue weighted by molar-refractivity contribution is 9.10. The SMILES string of the molecule is O=C(O)NC1=NC2(CCS1)c1cc(Br)ccc1OC1CCCCC12. The molecule has 0 saturated heterocycles. The van der Waals surface area contributed by atoms with Gasteiger partial charge in [-0.05, 0) is 43.9 Å². The van der Waals surface area contributed by atoms with Gasteiger partial charge in [0.2, 0.25) is 0 Å². The van der Waals surface area contributed by atoms with Gasteiger partial charge in [0.25, 0.3) is 0 Å². The van der Waals surface area contributed by atoms with Crippen molar-refractivity contribution >= 4 is 39.0 Å². The lowest BCUT2D eigenvalue weighted by molar-refractivity contribution is 0.0157. The van der Waals surface area contributed by atoms with Crippen molar-refractivity contribution in [3.63, 3.8) is 0 Å². The van der Waals surface area contributed by atoms with Gasteiger partial charge in [0.05, 0.1) is 5.54 Å². The van der Waals surface area contributed by atoms with E-state index in [1.54, 1.807) is 0 Å². The van der Waals surface area contributed by atoms with Crippen molar-refractivity contribution in [2.24, 2.45) is 10.9 Å². The molecule has 5 nitrogen and oxygen atoms in total. The minimum absolute atomic E-state index is 0.172. The Balaban J connectivity index is 1.86. The molecule has 3 atom stereocenters. The Morgan fingerprint density at radius 3 is 3.08 bits per heavy atom. The standard InChI is InChI=1S/C17H19BrN2O3S/c18-10-5-6-14-12(9-10)17(11-3-1-2-4-13(11)23-14)7-8-24-15(20-17)19-16(21)22/h5-6,9,11,13H,1-4,7-8H2,(H,19,20)(H,21,22). The van der Waals surface area contributed by atoms with Crippen LogP contribution in [0.25, 0.3) is 0 Å². The van der Waals surface area contributed by atoms with Crippen LogP contribution in [0.15, 0.2) is 27.7 Å². The van der Waals surface area contributed by atoms with Gasteiger partial charge < -0.3 is 9.84 Å². The zero-order valence-electron chi connectivity index (χ0n) is 13.1. The average molecular weight is 411 g/mol. The molecule has 4 rings (SSSR count). The lowest BCUT2D eigenvalue weighted by Crippen LogP contribution is -2.51. The lowest BCUT2D eigenvalue weighted by atomic mass is 9.66. The predicted molar refractivity (Wildman–Crippen MR) is 97.9 cm³/mol. The molecule has 0 bridgehead atoms. The number of amidine groups is 1. The monoisotopic (exact) mass is 410 g/mol. The highest BCUT2D eigenvalue weighted by Crippen LogP contribution is 2.54. The number of rotatable bonds is 0. The van der Waals surface area contributed by atoms with Gasteiger partial charge in [-0.1, -0.05) is 34.1 Å². The smallest absolute Gasteiger partial charge is 0.410 e. The number of ether oxygens (including phenoxy) is 1. The van der Waals surface area contributed by atoms with Gasteiger partial charge in [-0.2, -0.15) is 0 Å². The van der Waals surface area contributed by atoms with Crippen molar-refractivity contribution in [1.29, 1.82) is 0 Å². The fraction of sp³-hybridized carbons (Fsp3) is 0.529. The molecule has 1 fully saturated rings. The Morgan fingerprint density at radius 1 is 1.42 bits per heavy atom. The summed E-state index contributed by atoms with van der Waals surface area (Å²) in [6.07, 6.45) is 4.51. The highest BCUT2D eigenvalue weighted by atomic mass is 79.9. The first kappa shape index (κ1) is 16.3. The summed E-state index contributed by atoms with van der Waals surface area (Å²) in [7, 11) is 0. The van der Waals surface area contributed by atoms with Crippen LogP contribution >= 0.6 is 27.7 Å². The summed E-state index contributed by atoms with van der Waals surface area (Å²) in [6.45, 7) is 0. The zero-order chi connectivity index (χ0) is 16.7. The molecule has 3 unspecified atom stereocenters. The van der Waals surface area contributed by atoms with Crippen molar-refractivity contribution in [2.75, 3.05) is 5.75 Å². The minimum atomic E-state index is -1.06. The van der Waals surface area contributed by atoms with Gasteiger partial charge in [-0.3, -0.25) is 10.3 Å². The number of hydrogen-bond donors (Lipinski definition) is 2. The summed E-state index contributed by atoms with van der Waals surface area (Å²) in [6, 6.07) is 6.10. The molecule has 1 aromatic rings. The maximum Gasteiger partial charge on any atom is 0.410 e. The number of nitrogens with zero attached hydrogens (tertiary/aromatic N) is 1. The van der Waals surface area contributed by atoms with Crippen molar-refractivity contribution < 1.29 is 14.6 Å². The number of aliphatic imine (C=N–C) groups is 1. The van der Waals surface area contributed by atoms with Crippen LogP contribution in [-0.2, 0) is 5.54 Å². The average Bonchev–Trinajstić information content (AvgIpc) is 2.56. The zero-order valence-corrected chi connectivity index (χ0v) is 15.5. The molecule has 2 aliphatic heterocycles. The molecule has 2 N–H and O–H groups in total. The van der Waals surface area contributed by atoms with E-state index in [1.165, 1.54) is 24.6 Å². The first-order valence-electron chi connectivity index (χ1n) is 8.28. The van der Waals surface area contributed by atoms with Crippen LogP contribution in [0.2, 0.25) is 0 Å². The van der Waals surface area contributed by atoms with Crippen molar-refractivity contribution in [2.45, 2.75) is 43.7 Å². The summed E-state index contributed by atoms with van der Waals surface area (Å²) in [5, 5.41) is 12.1. The molecule has 0 radical (unpaired) electrons. The van der Waals surface area contributed by atoms with Crippen molar-refractivity contribution in [1.82, 2.24) is 5.32 Å². The summed E-state index contributed by atoms with van der Waals surface area (Å²) in [5.41, 5.74) is 0.705. The number of nitrogens with one attached hydrogen (secondary N) is 1. The number of amides is 1. The topological polar surface area (TPSA) is 70.9 Å². The molecule has 1 aliphatic carbocycles. The molecule has 24 heavy (non-hydrogen) atoms. The van der Waals surface area contributed by atoms with E-state index in [4.69, 9.17) is 14.8 Å². The fourth-order valence-corrected chi connectivity index (χ4v) is 5.64. The molecular formula is C17H19BrN2O3S. The molecule has 1 spiro atoms. The Morgan fingerprint density at radius 2 is 2.25 bits per heavy atom. The van der Waals surface area contributed by atoms with Gasteiger partial charge in [0.1, 0.15) is 11.9 Å². The van der Waals surface area contributed by atoms with E-state index in [1.807, 2.05) is 12.1 Å². The molecule has 2 heterocycles. The van der Waals surface area contributed by atoms with E-state index in [2.05, 4.69) is 27.3 Å². The molecule has 128 valence electrons. The van der Waals surface area contributed by atoms with Gasteiger partial charge in [-0.25, -0.2) is 4.79 Å². The first-order chi connectivity index (χ1) is 11.6. The third kappa shape index (κ3) is 2.71. The summed E-state index contributed by atoms with van der Waals surface area (Å²) in [5.74, 6) is 2.06. The second-order valence-electron chi connectivity index (χ2n) is 6.56. The Hall–Kier alpha value is -1.21. The number of carbonyl (C=O) groups is 1. The summed E-state index contributed by atoms with van der Waals surface area (Å²) in [4.78, 5) is 16.1. The van der Waals surface area contributed by atoms with E-state index >= 15 is 0 Å². The van der Waals surface area contributed by atoms with Crippen molar-refractivity contribution in [3.05, 3.63) is 28.2 Å². The van der Waals surface area contributed by atoms with Crippen LogP contribution < -0.4 is 10.1 Å². The largest absolute Gasteiger partial charge is 0.490 e. The van der Waals surface area contributed by atoms with Crippen molar-refractivity contribution in [3.8, 4) is 5.75 Å². The highest BCUT2D eigenvalue weighted by Gasteiger charge is 2.52. The summed E-state index contributed by atoms with van der Waals surface area (Å²) < 4.78 is 7.30. The second kappa shape index (κ2) is 6.26. The van der Waals surface area contributed by atoms with E-state index < -0.39 is 6.09 Å². The lowest BCUT2D eigenvalue weighted by Gasteiger charge is -2.50. The molecule has 1 saturated carbocycles. The third-order valence-electron chi connectivity index (χ3n) is 5.24. The third-order valence-corrected chi connectivity index (χ3v) is 6.61. The van der Waals surface area contributed by atoms with Crippen LogP contribution in [0, 0.1) is 5.92 Å². The maximum absolute atomic E-state index is 11.1. The number of fused-ring (bicyclic) bond motifs is 4. The molecular weight excluding hydrogens is 392 g/mol. The summed E-state index contributed by atoms with van der Waals surface area (Å²) >= 11 is 5.05. The second-order valence-corrected chi connectivity index (χ2v) is 8.56. The fourth-order valence-electron chi connectivity index (χ4n) is 4.28. The molecule has 0 aromatic heterocycles. The molecule has 3 aliphatic rings. The van der Waals surface area contributed by atoms with Crippen LogP contribution in [0.5, 0.6) is 5.75 Å². The number of hydrogen-bond acceptors (Lipinski definition) is 4. The van der Waals surface area contributed by atoms with Crippen LogP contribution in [0.3, 0.4) is 0 Å². The number of halogens is 1. The van der Waals surface area contributed by atoms with Gasteiger partial charge in [0.15, 0.2) is 5.17 Å². The number of carboxylic acid groups (broad SMARTS) is 1. The van der Waals surface area contributed by atoms with E-state index in [9.17, 15) is 4.79 Å². The van der Waals surface area contributed by atoms with Gasteiger partial charge in [-0.15, -0.1) is 0 Å². The van der Waals surface area contributed by atoms with E-state index in [0.29, 0.717) is 11.1 Å². The number of thioether (sulfide) groups is 1. The van der Waals surface area contributed by atoms with Gasteiger partial charge in [0, 0.05) is 21.7 Å². The maximum atomic E-state index is 11.1. The first-order valence-corrected chi connectivity index (χ1v) is 10.1. The van der Waals surface area contributed by atoms with E-state index in [-0.39, 0.29) is 11.6 Å². The quantitative estimate of drug-likeness (QED) is 0.666. The molecule has 7 heteroatoms. The molecule has 1 amide bonds. The van der Waals surface area contributed by atoms with Gasteiger partial charge >= 0.3 is 6.09 Å². The predicted octanol–water partition coefficient (Wildman–Crippen LogP) is 4.36. The Kier molecular flexibility index (Phi) is 4.24.